The Labute approximate surface area is 175 Å². The molecular weight excluding hydrogens is 378 g/mol. The Hall–Kier alpha value is -4.11. The van der Waals surface area contributed by atoms with Gasteiger partial charge in [-0.05, 0) is 42.8 Å². The molecule has 150 valence electrons. The molecule has 2 amide bonds. The molecule has 6 nitrogen and oxygen atoms in total. The van der Waals surface area contributed by atoms with Crippen LogP contribution in [0.4, 0.5) is 5.69 Å². The Bertz CT molecular complexity index is 1070. The molecule has 2 N–H and O–H groups in total. The summed E-state index contributed by atoms with van der Waals surface area (Å²) < 4.78 is 5.77. The predicted molar refractivity (Wildman–Crippen MR) is 114 cm³/mol. The van der Waals surface area contributed by atoms with E-state index in [-0.39, 0.29) is 11.8 Å². The maximum absolute atomic E-state index is 12.6. The van der Waals surface area contributed by atoms with Gasteiger partial charge in [-0.15, -0.1) is 0 Å². The number of ether oxygens (including phenoxy) is 1. The number of hydrogen-bond donors (Lipinski definition) is 2. The lowest BCUT2D eigenvalue weighted by Crippen LogP contribution is -2.31. The number of anilines is 1. The van der Waals surface area contributed by atoms with E-state index in [0.717, 1.165) is 5.56 Å². The standard InChI is InChI=1S/C24H21N3O3/c1-17(23(28)27-20-11-7-10-19(14-20)15-25)30-22-13-6-5-12-21(22)24(29)26-16-18-8-3-2-4-9-18/h2-14,17H,16H2,1H3,(H,26,29)(H,27,28)/t17-/m0/s1. The van der Waals surface area contributed by atoms with Crippen LogP contribution in [0.5, 0.6) is 5.75 Å². The molecule has 0 unspecified atom stereocenters. The first-order valence-electron chi connectivity index (χ1n) is 9.45. The van der Waals surface area contributed by atoms with Crippen LogP contribution in [-0.2, 0) is 11.3 Å². The highest BCUT2D eigenvalue weighted by molar-refractivity contribution is 5.97. The topological polar surface area (TPSA) is 91.2 Å². The molecule has 0 saturated carbocycles. The summed E-state index contributed by atoms with van der Waals surface area (Å²) in [5.74, 6) is -0.357. The van der Waals surface area contributed by atoms with Crippen molar-refractivity contribution >= 4 is 17.5 Å². The van der Waals surface area contributed by atoms with Crippen molar-refractivity contribution in [3.05, 3.63) is 95.6 Å². The van der Waals surface area contributed by atoms with Crippen molar-refractivity contribution in [2.75, 3.05) is 5.32 Å². The Morgan fingerprint density at radius 2 is 1.73 bits per heavy atom. The maximum atomic E-state index is 12.6. The van der Waals surface area contributed by atoms with Crippen molar-refractivity contribution in [2.45, 2.75) is 19.6 Å². The zero-order valence-corrected chi connectivity index (χ0v) is 16.5. The SMILES string of the molecule is C[C@H](Oc1ccccc1C(=O)NCc1ccccc1)C(=O)Nc1cccc(C#N)c1. The third kappa shape index (κ3) is 5.46. The summed E-state index contributed by atoms with van der Waals surface area (Å²) in [7, 11) is 0. The van der Waals surface area contributed by atoms with E-state index < -0.39 is 6.10 Å². The molecule has 3 aromatic rings. The molecule has 0 bridgehead atoms. The van der Waals surface area contributed by atoms with Crippen LogP contribution in [-0.4, -0.2) is 17.9 Å². The molecule has 3 aromatic carbocycles. The van der Waals surface area contributed by atoms with Crippen molar-refractivity contribution in [2.24, 2.45) is 0 Å². The molecule has 0 aromatic heterocycles. The lowest BCUT2D eigenvalue weighted by molar-refractivity contribution is -0.122. The first-order valence-corrected chi connectivity index (χ1v) is 9.45. The smallest absolute Gasteiger partial charge is 0.265 e. The van der Waals surface area contributed by atoms with E-state index in [9.17, 15) is 9.59 Å². The number of rotatable bonds is 7. The van der Waals surface area contributed by atoms with Crippen molar-refractivity contribution in [1.82, 2.24) is 5.32 Å². The number of carbonyl (C=O) groups excluding carboxylic acids is 2. The molecule has 0 aliphatic carbocycles. The molecule has 1 atom stereocenters. The van der Waals surface area contributed by atoms with Gasteiger partial charge in [-0.3, -0.25) is 9.59 Å². The normalized spacial score (nSPS) is 11.1. The molecule has 0 radical (unpaired) electrons. The zero-order chi connectivity index (χ0) is 21.3. The zero-order valence-electron chi connectivity index (χ0n) is 16.5. The lowest BCUT2D eigenvalue weighted by Gasteiger charge is -2.17. The fourth-order valence-corrected chi connectivity index (χ4v) is 2.78. The Balaban J connectivity index is 1.65. The average Bonchev–Trinajstić information content (AvgIpc) is 2.78. The number of benzene rings is 3. The summed E-state index contributed by atoms with van der Waals surface area (Å²) >= 11 is 0. The Kier molecular flexibility index (Phi) is 6.80. The van der Waals surface area contributed by atoms with Gasteiger partial charge in [-0.2, -0.15) is 5.26 Å². The summed E-state index contributed by atoms with van der Waals surface area (Å²) in [4.78, 5) is 25.1. The van der Waals surface area contributed by atoms with Crippen LogP contribution in [0.25, 0.3) is 0 Å². The van der Waals surface area contributed by atoms with E-state index in [2.05, 4.69) is 10.6 Å². The van der Waals surface area contributed by atoms with Gasteiger partial charge < -0.3 is 15.4 Å². The summed E-state index contributed by atoms with van der Waals surface area (Å²) in [6.07, 6.45) is -0.848. The molecule has 0 aliphatic rings. The highest BCUT2D eigenvalue weighted by Crippen LogP contribution is 2.20. The third-order valence-corrected chi connectivity index (χ3v) is 4.36. The van der Waals surface area contributed by atoms with Gasteiger partial charge in [-0.25, -0.2) is 0 Å². The van der Waals surface area contributed by atoms with Crippen LogP contribution in [0.3, 0.4) is 0 Å². The lowest BCUT2D eigenvalue weighted by atomic mass is 10.1. The number of hydrogen-bond acceptors (Lipinski definition) is 4. The van der Waals surface area contributed by atoms with Gasteiger partial charge in [0, 0.05) is 12.2 Å². The molecule has 0 spiro atoms. The minimum Gasteiger partial charge on any atom is -0.480 e. The molecule has 30 heavy (non-hydrogen) atoms. The van der Waals surface area contributed by atoms with Gasteiger partial charge in [0.2, 0.25) is 0 Å². The van der Waals surface area contributed by atoms with E-state index in [1.165, 1.54) is 0 Å². The molecule has 0 aliphatic heterocycles. The summed E-state index contributed by atoms with van der Waals surface area (Å²) in [6.45, 7) is 1.99. The third-order valence-electron chi connectivity index (χ3n) is 4.36. The van der Waals surface area contributed by atoms with E-state index in [1.54, 1.807) is 55.5 Å². The van der Waals surface area contributed by atoms with E-state index in [1.807, 2.05) is 36.4 Å². The van der Waals surface area contributed by atoms with Crippen LogP contribution < -0.4 is 15.4 Å². The minimum absolute atomic E-state index is 0.288. The Morgan fingerprint density at radius 1 is 1.00 bits per heavy atom. The molecular formula is C24H21N3O3. The Morgan fingerprint density at radius 3 is 2.50 bits per heavy atom. The number of nitrogens with one attached hydrogen (secondary N) is 2. The van der Waals surface area contributed by atoms with Crippen LogP contribution >= 0.6 is 0 Å². The molecule has 0 fully saturated rings. The van der Waals surface area contributed by atoms with Gasteiger partial charge in [-0.1, -0.05) is 48.5 Å². The highest BCUT2D eigenvalue weighted by atomic mass is 16.5. The largest absolute Gasteiger partial charge is 0.480 e. The van der Waals surface area contributed by atoms with E-state index in [4.69, 9.17) is 10.00 Å². The fourth-order valence-electron chi connectivity index (χ4n) is 2.78. The molecule has 0 saturated heterocycles. The van der Waals surface area contributed by atoms with Gasteiger partial charge in [0.15, 0.2) is 6.10 Å². The van der Waals surface area contributed by atoms with Crippen LogP contribution in [0, 0.1) is 11.3 Å². The van der Waals surface area contributed by atoms with Gasteiger partial charge in [0.05, 0.1) is 17.2 Å². The van der Waals surface area contributed by atoms with Gasteiger partial charge in [0.1, 0.15) is 5.75 Å². The summed E-state index contributed by atoms with van der Waals surface area (Å²) in [6, 6.07) is 25.0. The second-order valence-corrected chi connectivity index (χ2v) is 6.61. The van der Waals surface area contributed by atoms with Crippen LogP contribution in [0.15, 0.2) is 78.9 Å². The summed E-state index contributed by atoms with van der Waals surface area (Å²) in [5.41, 5.74) is 2.28. The molecule has 3 rings (SSSR count). The summed E-state index contributed by atoms with van der Waals surface area (Å²) in [5, 5.41) is 14.6. The number of amides is 2. The fraction of sp³-hybridized carbons (Fsp3) is 0.125. The number of nitrogens with zero attached hydrogens (tertiary/aromatic N) is 1. The predicted octanol–water partition coefficient (Wildman–Crippen LogP) is 3.89. The van der Waals surface area contributed by atoms with E-state index in [0.29, 0.717) is 29.1 Å². The molecule has 6 heteroatoms. The van der Waals surface area contributed by atoms with Gasteiger partial charge >= 0.3 is 0 Å². The molecule has 0 heterocycles. The quantitative estimate of drug-likeness (QED) is 0.630. The number of carbonyl (C=O) groups is 2. The highest BCUT2D eigenvalue weighted by Gasteiger charge is 2.19. The van der Waals surface area contributed by atoms with Crippen molar-refractivity contribution in [3.63, 3.8) is 0 Å². The van der Waals surface area contributed by atoms with Crippen molar-refractivity contribution in [1.29, 1.82) is 5.26 Å². The minimum atomic E-state index is -0.848. The monoisotopic (exact) mass is 399 g/mol. The van der Waals surface area contributed by atoms with Crippen molar-refractivity contribution in [3.8, 4) is 11.8 Å². The number of nitriles is 1. The van der Waals surface area contributed by atoms with Crippen LogP contribution in [0.1, 0.15) is 28.4 Å². The first kappa shape index (κ1) is 20.6. The van der Waals surface area contributed by atoms with Gasteiger partial charge in [0.25, 0.3) is 11.8 Å². The van der Waals surface area contributed by atoms with Crippen LogP contribution in [0.2, 0.25) is 0 Å². The van der Waals surface area contributed by atoms with E-state index >= 15 is 0 Å². The van der Waals surface area contributed by atoms with Crippen molar-refractivity contribution < 1.29 is 14.3 Å². The second kappa shape index (κ2) is 9.89. The first-order chi connectivity index (χ1) is 14.6. The average molecular weight is 399 g/mol. The maximum Gasteiger partial charge on any atom is 0.265 e. The second-order valence-electron chi connectivity index (χ2n) is 6.61. The number of para-hydroxylation sites is 1.